The third-order valence-corrected chi connectivity index (χ3v) is 5.80. The summed E-state index contributed by atoms with van der Waals surface area (Å²) in [5.41, 5.74) is 1.87. The standard InChI is InChI=1S/C27H28FN3O3/c1-33-23-8-4-21(5-9-23)12-14-30-15-17-31(18-16-30)27(32)11-7-22-6-10-26(25(28)19-22)34-24-3-2-13-29-20-24/h2-11,13,19-20H,12,14-18H2,1H3/b11-7+. The molecule has 3 aromatic rings. The van der Waals surface area contributed by atoms with Gasteiger partial charge < -0.3 is 14.4 Å². The van der Waals surface area contributed by atoms with Crippen molar-refractivity contribution in [2.75, 3.05) is 39.8 Å². The molecule has 0 spiro atoms. The van der Waals surface area contributed by atoms with E-state index in [0.717, 1.165) is 31.8 Å². The fraction of sp³-hybridized carbons (Fsp3) is 0.259. The zero-order valence-electron chi connectivity index (χ0n) is 19.2. The number of nitrogens with zero attached hydrogens (tertiary/aromatic N) is 3. The molecule has 1 saturated heterocycles. The number of aromatic nitrogens is 1. The van der Waals surface area contributed by atoms with Crippen LogP contribution in [-0.2, 0) is 11.2 Å². The van der Waals surface area contributed by atoms with Crippen molar-refractivity contribution in [3.63, 3.8) is 0 Å². The van der Waals surface area contributed by atoms with Crippen molar-refractivity contribution >= 4 is 12.0 Å². The van der Waals surface area contributed by atoms with Crippen LogP contribution in [0.25, 0.3) is 6.08 Å². The van der Waals surface area contributed by atoms with Crippen molar-refractivity contribution in [2.45, 2.75) is 6.42 Å². The predicted molar refractivity (Wildman–Crippen MR) is 129 cm³/mol. The van der Waals surface area contributed by atoms with Gasteiger partial charge in [0.15, 0.2) is 11.6 Å². The molecule has 1 aliphatic heterocycles. The summed E-state index contributed by atoms with van der Waals surface area (Å²) < 4.78 is 25.1. The monoisotopic (exact) mass is 461 g/mol. The van der Waals surface area contributed by atoms with Crippen LogP contribution < -0.4 is 9.47 Å². The highest BCUT2D eigenvalue weighted by Crippen LogP contribution is 2.25. The zero-order chi connectivity index (χ0) is 23.8. The molecule has 1 amide bonds. The van der Waals surface area contributed by atoms with Crippen molar-refractivity contribution in [1.82, 2.24) is 14.8 Å². The Kier molecular flexibility index (Phi) is 7.88. The normalized spacial score (nSPS) is 14.4. The number of pyridine rings is 1. The summed E-state index contributed by atoms with van der Waals surface area (Å²) in [5.74, 6) is 0.876. The Morgan fingerprint density at radius 1 is 1.06 bits per heavy atom. The van der Waals surface area contributed by atoms with Gasteiger partial charge in [-0.15, -0.1) is 0 Å². The average Bonchev–Trinajstić information content (AvgIpc) is 2.88. The average molecular weight is 462 g/mol. The third kappa shape index (κ3) is 6.42. The molecule has 7 heteroatoms. The first-order chi connectivity index (χ1) is 16.6. The van der Waals surface area contributed by atoms with Crippen LogP contribution in [0, 0.1) is 5.82 Å². The van der Waals surface area contributed by atoms with Crippen LogP contribution in [0.2, 0.25) is 0 Å². The van der Waals surface area contributed by atoms with Crippen LogP contribution in [0.3, 0.4) is 0 Å². The highest BCUT2D eigenvalue weighted by molar-refractivity contribution is 5.91. The molecule has 1 fully saturated rings. The number of benzene rings is 2. The number of carbonyl (C=O) groups excluding carboxylic acids is 1. The number of rotatable bonds is 8. The van der Waals surface area contributed by atoms with Crippen molar-refractivity contribution in [1.29, 1.82) is 0 Å². The maximum Gasteiger partial charge on any atom is 0.246 e. The van der Waals surface area contributed by atoms with E-state index in [4.69, 9.17) is 9.47 Å². The van der Waals surface area contributed by atoms with E-state index in [-0.39, 0.29) is 11.7 Å². The summed E-state index contributed by atoms with van der Waals surface area (Å²) >= 11 is 0. The van der Waals surface area contributed by atoms with Gasteiger partial charge in [0, 0.05) is 45.0 Å². The number of amides is 1. The number of halogens is 1. The summed E-state index contributed by atoms with van der Waals surface area (Å²) in [6, 6.07) is 16.2. The van der Waals surface area contributed by atoms with Crippen LogP contribution in [0.5, 0.6) is 17.2 Å². The van der Waals surface area contributed by atoms with E-state index in [1.165, 1.54) is 23.9 Å². The Morgan fingerprint density at radius 3 is 2.53 bits per heavy atom. The van der Waals surface area contributed by atoms with Gasteiger partial charge in [0.05, 0.1) is 13.3 Å². The fourth-order valence-electron chi connectivity index (χ4n) is 3.78. The molecule has 2 aromatic carbocycles. The van der Waals surface area contributed by atoms with Crippen molar-refractivity contribution in [3.8, 4) is 17.2 Å². The Balaban J connectivity index is 1.24. The van der Waals surface area contributed by atoms with Crippen molar-refractivity contribution < 1.29 is 18.7 Å². The molecule has 4 rings (SSSR count). The third-order valence-electron chi connectivity index (χ3n) is 5.80. The van der Waals surface area contributed by atoms with Crippen molar-refractivity contribution in [3.05, 3.63) is 90.0 Å². The predicted octanol–water partition coefficient (Wildman–Crippen LogP) is 4.42. The van der Waals surface area contributed by atoms with Gasteiger partial charge in [-0.3, -0.25) is 14.7 Å². The van der Waals surface area contributed by atoms with Crippen LogP contribution >= 0.6 is 0 Å². The van der Waals surface area contributed by atoms with Gasteiger partial charge in [-0.2, -0.15) is 0 Å². The lowest BCUT2D eigenvalue weighted by Gasteiger charge is -2.34. The second kappa shape index (κ2) is 11.4. The molecule has 1 aromatic heterocycles. The van der Waals surface area contributed by atoms with Gasteiger partial charge in [-0.05, 0) is 60.0 Å². The van der Waals surface area contributed by atoms with Crippen LogP contribution in [0.4, 0.5) is 4.39 Å². The number of methoxy groups -OCH3 is 1. The first-order valence-electron chi connectivity index (χ1n) is 11.3. The molecular weight excluding hydrogens is 433 g/mol. The smallest absolute Gasteiger partial charge is 0.246 e. The zero-order valence-corrected chi connectivity index (χ0v) is 19.2. The first-order valence-corrected chi connectivity index (χ1v) is 11.3. The summed E-state index contributed by atoms with van der Waals surface area (Å²) in [5, 5.41) is 0. The van der Waals surface area contributed by atoms with Crippen LogP contribution in [0.1, 0.15) is 11.1 Å². The van der Waals surface area contributed by atoms with E-state index < -0.39 is 5.82 Å². The number of hydrogen-bond donors (Lipinski definition) is 0. The lowest BCUT2D eigenvalue weighted by atomic mass is 10.1. The number of ether oxygens (including phenoxy) is 2. The highest BCUT2D eigenvalue weighted by Gasteiger charge is 2.19. The Labute approximate surface area is 199 Å². The molecule has 1 aliphatic rings. The summed E-state index contributed by atoms with van der Waals surface area (Å²) in [4.78, 5) is 20.7. The van der Waals surface area contributed by atoms with Gasteiger partial charge in [0.2, 0.25) is 5.91 Å². The molecule has 0 atom stereocenters. The van der Waals surface area contributed by atoms with E-state index in [2.05, 4.69) is 22.0 Å². The molecule has 34 heavy (non-hydrogen) atoms. The lowest BCUT2D eigenvalue weighted by Crippen LogP contribution is -2.48. The quantitative estimate of drug-likeness (QED) is 0.465. The van der Waals surface area contributed by atoms with Gasteiger partial charge in [0.1, 0.15) is 11.5 Å². The number of carbonyl (C=O) groups is 1. The molecule has 6 nitrogen and oxygen atoms in total. The molecule has 176 valence electrons. The molecule has 2 heterocycles. The first kappa shape index (κ1) is 23.4. The number of hydrogen-bond acceptors (Lipinski definition) is 5. The van der Waals surface area contributed by atoms with E-state index >= 15 is 0 Å². The molecule has 0 radical (unpaired) electrons. The van der Waals surface area contributed by atoms with Gasteiger partial charge in [-0.1, -0.05) is 18.2 Å². The fourth-order valence-corrected chi connectivity index (χ4v) is 3.78. The Bertz CT molecular complexity index is 1110. The van der Waals surface area contributed by atoms with Crippen molar-refractivity contribution in [2.24, 2.45) is 0 Å². The molecule has 0 bridgehead atoms. The largest absolute Gasteiger partial charge is 0.497 e. The summed E-state index contributed by atoms with van der Waals surface area (Å²) in [7, 11) is 1.67. The van der Waals surface area contributed by atoms with E-state index in [0.29, 0.717) is 24.4 Å². The van der Waals surface area contributed by atoms with E-state index in [9.17, 15) is 9.18 Å². The van der Waals surface area contributed by atoms with Crippen LogP contribution in [-0.4, -0.2) is 60.5 Å². The van der Waals surface area contributed by atoms with Crippen LogP contribution in [0.15, 0.2) is 73.1 Å². The molecule has 0 aliphatic carbocycles. The summed E-state index contributed by atoms with van der Waals surface area (Å²) in [6.07, 6.45) is 7.24. The maximum atomic E-state index is 14.4. The van der Waals surface area contributed by atoms with Gasteiger partial charge in [-0.25, -0.2) is 4.39 Å². The maximum absolute atomic E-state index is 14.4. The molecular formula is C27H28FN3O3. The number of piperazine rings is 1. The second-order valence-corrected chi connectivity index (χ2v) is 8.08. The van der Waals surface area contributed by atoms with Gasteiger partial charge in [0.25, 0.3) is 0 Å². The van der Waals surface area contributed by atoms with Gasteiger partial charge >= 0.3 is 0 Å². The lowest BCUT2D eigenvalue weighted by molar-refractivity contribution is -0.127. The topological polar surface area (TPSA) is 54.9 Å². The molecule has 0 N–H and O–H groups in total. The Morgan fingerprint density at radius 2 is 1.85 bits per heavy atom. The minimum absolute atomic E-state index is 0.0640. The molecule has 0 saturated carbocycles. The Hall–Kier alpha value is -3.71. The minimum atomic E-state index is -0.496. The SMILES string of the molecule is COc1ccc(CCN2CCN(C(=O)/C=C/c3ccc(Oc4cccnc4)c(F)c3)CC2)cc1. The minimum Gasteiger partial charge on any atom is -0.497 e. The van der Waals surface area contributed by atoms with E-state index in [1.54, 1.807) is 43.6 Å². The molecule has 0 unspecified atom stereocenters. The van der Waals surface area contributed by atoms with E-state index in [1.807, 2.05) is 17.0 Å². The summed E-state index contributed by atoms with van der Waals surface area (Å²) in [6.45, 7) is 3.99. The highest BCUT2D eigenvalue weighted by atomic mass is 19.1. The second-order valence-electron chi connectivity index (χ2n) is 8.08.